The zero-order valence-corrected chi connectivity index (χ0v) is 24.3. The molecule has 2 bridgehead atoms. The van der Waals surface area contributed by atoms with Crippen molar-refractivity contribution in [3.63, 3.8) is 0 Å². The molecule has 0 fully saturated rings. The van der Waals surface area contributed by atoms with Gasteiger partial charge >= 0.3 is 6.18 Å². The number of H-pyrrole nitrogens is 1. The highest BCUT2D eigenvalue weighted by Crippen LogP contribution is 2.42. The zero-order valence-electron chi connectivity index (χ0n) is 22.1. The van der Waals surface area contributed by atoms with Gasteiger partial charge in [0.05, 0.1) is 34.8 Å². The number of aromatic nitrogens is 5. The van der Waals surface area contributed by atoms with E-state index in [9.17, 15) is 18.3 Å². The Labute approximate surface area is 243 Å². The van der Waals surface area contributed by atoms with E-state index in [1.165, 1.54) is 11.1 Å². The molecule has 2 aliphatic heterocycles. The van der Waals surface area contributed by atoms with E-state index in [-0.39, 0.29) is 12.6 Å². The van der Waals surface area contributed by atoms with E-state index in [1.807, 2.05) is 17.2 Å². The average molecular weight is 670 g/mol. The summed E-state index contributed by atoms with van der Waals surface area (Å²) in [6, 6.07) is 10.7. The van der Waals surface area contributed by atoms with Crippen LogP contribution in [-0.4, -0.2) is 40.4 Å². The van der Waals surface area contributed by atoms with Gasteiger partial charge in [0.25, 0.3) is 0 Å². The van der Waals surface area contributed by atoms with Gasteiger partial charge in [0.15, 0.2) is 0 Å². The van der Waals surface area contributed by atoms with Crippen LogP contribution in [0.25, 0.3) is 27.8 Å². The Kier molecular flexibility index (Phi) is 6.45. The molecule has 5 aromatic rings. The number of aliphatic hydroxyl groups is 1. The Morgan fingerprint density at radius 1 is 1.15 bits per heavy atom. The molecule has 0 saturated carbocycles. The highest BCUT2D eigenvalue weighted by molar-refractivity contribution is 14.2. The number of benzene rings is 2. The predicted molar refractivity (Wildman–Crippen MR) is 160 cm³/mol. The lowest BCUT2D eigenvalue weighted by atomic mass is 9.96. The molecule has 0 unspecified atom stereocenters. The number of aromatic amines is 1. The van der Waals surface area contributed by atoms with Crippen molar-refractivity contribution >= 4 is 41.6 Å². The van der Waals surface area contributed by atoms with E-state index in [0.29, 0.717) is 19.5 Å². The third-order valence-electron chi connectivity index (χ3n) is 7.88. The SMILES string of the molecule is CCc1cccc2c1-n1nc3c(c1-c1cc(c(CO)c4[nH]ccc14)I=CC2)CN(c1ncc(C(F)(F)F)cn1)CC3. The van der Waals surface area contributed by atoms with Crippen LogP contribution in [0.4, 0.5) is 19.1 Å². The van der Waals surface area contributed by atoms with Crippen molar-refractivity contribution in [3.05, 3.63) is 86.0 Å². The van der Waals surface area contributed by atoms with Crippen molar-refractivity contribution in [2.75, 3.05) is 11.4 Å². The van der Waals surface area contributed by atoms with Crippen molar-refractivity contribution in [1.29, 1.82) is 0 Å². The van der Waals surface area contributed by atoms with Gasteiger partial charge in [0, 0.05) is 63.7 Å². The number of hydrogen-bond acceptors (Lipinski definition) is 5. The van der Waals surface area contributed by atoms with E-state index in [1.54, 1.807) is 0 Å². The van der Waals surface area contributed by atoms with Gasteiger partial charge in [-0.05, 0) is 40.1 Å². The standard InChI is InChI=1S/C30H26F3IN6O/c1-2-17-4-3-5-18-6-9-34-24-12-21(20-7-10-35-26(20)23(24)16-41)28-22-15-39(11-8-25(22)38-40(28)27(17)18)29-36-13-19(14-37-29)30(31,32)33/h3-5,7,9-10,12-14,35,41H,2,6,8,11,15-16H2,1H3. The van der Waals surface area contributed by atoms with Gasteiger partial charge in [-0.3, -0.25) is 0 Å². The third-order valence-corrected chi connectivity index (χ3v) is 10.4. The fourth-order valence-corrected chi connectivity index (χ4v) is 8.36. The molecule has 210 valence electrons. The van der Waals surface area contributed by atoms with Gasteiger partial charge in [-0.25, -0.2) is 14.6 Å². The number of anilines is 1. The lowest BCUT2D eigenvalue weighted by Crippen LogP contribution is -2.31. The van der Waals surface area contributed by atoms with Crippen LogP contribution in [0.15, 0.2) is 48.9 Å². The molecule has 11 heteroatoms. The highest BCUT2D eigenvalue weighted by Gasteiger charge is 2.33. The first-order valence-electron chi connectivity index (χ1n) is 13.4. The number of hydrogen-bond donors (Lipinski definition) is 2. The monoisotopic (exact) mass is 670 g/mol. The number of aryl methyl sites for hydroxylation is 1. The van der Waals surface area contributed by atoms with E-state index < -0.39 is 32.5 Å². The topological polar surface area (TPSA) is 82.9 Å². The fourth-order valence-electron chi connectivity index (χ4n) is 5.89. The molecule has 5 heterocycles. The van der Waals surface area contributed by atoms with E-state index in [2.05, 4.69) is 54.8 Å². The summed E-state index contributed by atoms with van der Waals surface area (Å²) in [4.78, 5) is 13.5. The first-order chi connectivity index (χ1) is 19.9. The lowest BCUT2D eigenvalue weighted by molar-refractivity contribution is -0.138. The Morgan fingerprint density at radius 3 is 2.73 bits per heavy atom. The molecule has 2 aromatic carbocycles. The molecule has 0 spiro atoms. The second kappa shape index (κ2) is 10.1. The second-order valence-corrected chi connectivity index (χ2v) is 12.8. The van der Waals surface area contributed by atoms with Crippen LogP contribution >= 0.6 is 20.7 Å². The van der Waals surface area contributed by atoms with Crippen molar-refractivity contribution in [1.82, 2.24) is 24.7 Å². The van der Waals surface area contributed by atoms with Crippen LogP contribution in [0.2, 0.25) is 0 Å². The van der Waals surface area contributed by atoms with Crippen molar-refractivity contribution in [2.24, 2.45) is 0 Å². The summed E-state index contributed by atoms with van der Waals surface area (Å²) in [5, 5.41) is 16.6. The zero-order chi connectivity index (χ0) is 28.3. The first-order valence-corrected chi connectivity index (χ1v) is 15.7. The van der Waals surface area contributed by atoms with Gasteiger partial charge < -0.3 is 15.0 Å². The summed E-state index contributed by atoms with van der Waals surface area (Å²) in [5.41, 5.74) is 8.49. The van der Waals surface area contributed by atoms with Gasteiger partial charge in [-0.1, -0.05) is 45.9 Å². The quantitative estimate of drug-likeness (QED) is 0.232. The van der Waals surface area contributed by atoms with E-state index in [0.717, 1.165) is 73.5 Å². The smallest absolute Gasteiger partial charge is 0.392 e. The molecule has 7 rings (SSSR count). The molecular weight excluding hydrogens is 644 g/mol. The van der Waals surface area contributed by atoms with E-state index >= 15 is 0 Å². The molecule has 0 atom stereocenters. The number of halogens is 4. The maximum absolute atomic E-state index is 13.2. The summed E-state index contributed by atoms with van der Waals surface area (Å²) >= 11 is -0.497. The summed E-state index contributed by atoms with van der Waals surface area (Å²) in [6.45, 7) is 3.07. The molecule has 7 nitrogen and oxygen atoms in total. The predicted octanol–water partition coefficient (Wildman–Crippen LogP) is 5.95. The highest BCUT2D eigenvalue weighted by atomic mass is 127. The number of alkyl halides is 3. The summed E-state index contributed by atoms with van der Waals surface area (Å²) < 4.78 is 45.1. The van der Waals surface area contributed by atoms with Gasteiger partial charge in [0.1, 0.15) is 0 Å². The van der Waals surface area contributed by atoms with Crippen molar-refractivity contribution in [2.45, 2.75) is 45.5 Å². The average Bonchev–Trinajstić information content (AvgIpc) is 3.61. The Morgan fingerprint density at radius 2 is 1.98 bits per heavy atom. The largest absolute Gasteiger partial charge is 0.419 e. The Balaban J connectivity index is 1.47. The van der Waals surface area contributed by atoms with Gasteiger partial charge in [-0.15, -0.1) is 0 Å². The fraction of sp³-hybridized carbons (Fsp3) is 0.267. The minimum absolute atomic E-state index is 0.0484. The minimum atomic E-state index is -4.49. The van der Waals surface area contributed by atoms with Crippen molar-refractivity contribution in [3.8, 4) is 16.9 Å². The van der Waals surface area contributed by atoms with Crippen LogP contribution < -0.4 is 4.90 Å². The molecule has 2 N–H and O–H groups in total. The van der Waals surface area contributed by atoms with Crippen LogP contribution in [0.5, 0.6) is 0 Å². The molecule has 0 radical (unpaired) electrons. The molecule has 3 aromatic heterocycles. The second-order valence-electron chi connectivity index (χ2n) is 10.2. The van der Waals surface area contributed by atoms with Crippen molar-refractivity contribution < 1.29 is 18.3 Å². The van der Waals surface area contributed by atoms with Crippen LogP contribution in [-0.2, 0) is 38.6 Å². The number of nitrogens with zero attached hydrogens (tertiary/aromatic N) is 5. The molecule has 2 aliphatic rings. The molecule has 0 saturated heterocycles. The maximum Gasteiger partial charge on any atom is 0.419 e. The Hall–Kier alpha value is -3.58. The summed E-state index contributed by atoms with van der Waals surface area (Å²) in [6.07, 6.45) is 1.37. The van der Waals surface area contributed by atoms with E-state index in [4.69, 9.17) is 5.10 Å². The van der Waals surface area contributed by atoms with Crippen LogP contribution in [0.3, 0.4) is 0 Å². The summed E-state index contributed by atoms with van der Waals surface area (Å²) in [5.74, 6) is 0.265. The number of rotatable bonds is 3. The normalized spacial score (nSPS) is 14.8. The number of nitrogens with one attached hydrogen (secondary N) is 1. The third kappa shape index (κ3) is 4.37. The molecule has 0 aliphatic carbocycles. The van der Waals surface area contributed by atoms with Gasteiger partial charge in [0.2, 0.25) is 5.95 Å². The number of aliphatic hydroxyl groups excluding tert-OH is 1. The van der Waals surface area contributed by atoms with Gasteiger partial charge in [-0.2, -0.15) is 18.3 Å². The molecular formula is C30H26F3IN6O. The lowest BCUT2D eigenvalue weighted by Gasteiger charge is -2.27. The molecule has 41 heavy (non-hydrogen) atoms. The summed E-state index contributed by atoms with van der Waals surface area (Å²) in [7, 11) is 0. The van der Waals surface area contributed by atoms with Crippen LogP contribution in [0.1, 0.15) is 40.4 Å². The number of para-hydroxylation sites is 1. The first kappa shape index (κ1) is 26.3. The van der Waals surface area contributed by atoms with Crippen LogP contribution in [0, 0.1) is 3.57 Å². The Bertz CT molecular complexity index is 1820. The molecule has 0 amide bonds. The number of fused-ring (bicyclic) bond motifs is 10. The maximum atomic E-state index is 13.2. The minimum Gasteiger partial charge on any atom is -0.392 e.